The van der Waals surface area contributed by atoms with E-state index in [2.05, 4.69) is 15.4 Å². The lowest BCUT2D eigenvalue weighted by Gasteiger charge is -2.05. The first-order valence-corrected chi connectivity index (χ1v) is 5.31. The third-order valence-corrected chi connectivity index (χ3v) is 2.49. The number of aromatic nitrogens is 3. The van der Waals surface area contributed by atoms with E-state index in [4.69, 9.17) is 0 Å². The van der Waals surface area contributed by atoms with Crippen LogP contribution in [0, 0.1) is 13.8 Å². The summed E-state index contributed by atoms with van der Waals surface area (Å²) in [6.07, 6.45) is 3.85. The van der Waals surface area contributed by atoms with Gasteiger partial charge in [-0.05, 0) is 26.0 Å². The SMILES string of the molecule is Cc1cc(NCc2cn(C)nc2C)ccn1. The van der Waals surface area contributed by atoms with Crippen molar-refractivity contribution in [2.24, 2.45) is 7.05 Å². The Balaban J connectivity index is 2.05. The molecule has 1 N–H and O–H groups in total. The number of rotatable bonds is 3. The molecular formula is C12H16N4. The van der Waals surface area contributed by atoms with Crippen molar-refractivity contribution in [1.29, 1.82) is 0 Å². The van der Waals surface area contributed by atoms with Crippen LogP contribution in [-0.4, -0.2) is 14.8 Å². The van der Waals surface area contributed by atoms with E-state index in [1.807, 2.05) is 50.1 Å². The second-order valence-corrected chi connectivity index (χ2v) is 3.95. The quantitative estimate of drug-likeness (QED) is 0.853. The summed E-state index contributed by atoms with van der Waals surface area (Å²) < 4.78 is 1.84. The van der Waals surface area contributed by atoms with Gasteiger partial charge in [-0.25, -0.2) is 0 Å². The first-order valence-electron chi connectivity index (χ1n) is 5.31. The van der Waals surface area contributed by atoms with Gasteiger partial charge in [0.1, 0.15) is 0 Å². The van der Waals surface area contributed by atoms with E-state index in [1.54, 1.807) is 0 Å². The molecule has 0 bridgehead atoms. The third kappa shape index (κ3) is 2.39. The fraction of sp³-hybridized carbons (Fsp3) is 0.333. The summed E-state index contributed by atoms with van der Waals surface area (Å²) in [4.78, 5) is 4.16. The zero-order chi connectivity index (χ0) is 11.5. The predicted octanol–water partition coefficient (Wildman–Crippen LogP) is 2.04. The summed E-state index contributed by atoms with van der Waals surface area (Å²) >= 11 is 0. The van der Waals surface area contributed by atoms with Crippen LogP contribution in [0.3, 0.4) is 0 Å². The minimum atomic E-state index is 0.795. The van der Waals surface area contributed by atoms with Crippen LogP contribution >= 0.6 is 0 Å². The molecule has 0 unspecified atom stereocenters. The number of anilines is 1. The van der Waals surface area contributed by atoms with Gasteiger partial charge in [-0.1, -0.05) is 0 Å². The Hall–Kier alpha value is -1.84. The van der Waals surface area contributed by atoms with E-state index in [-0.39, 0.29) is 0 Å². The molecule has 0 radical (unpaired) electrons. The van der Waals surface area contributed by atoms with Crippen molar-refractivity contribution in [3.8, 4) is 0 Å². The first kappa shape index (κ1) is 10.7. The molecule has 4 nitrogen and oxygen atoms in total. The second kappa shape index (κ2) is 4.35. The van der Waals surface area contributed by atoms with E-state index < -0.39 is 0 Å². The van der Waals surface area contributed by atoms with Crippen LogP contribution in [0.5, 0.6) is 0 Å². The van der Waals surface area contributed by atoms with Crippen LogP contribution in [-0.2, 0) is 13.6 Å². The summed E-state index contributed by atoms with van der Waals surface area (Å²) in [6.45, 7) is 4.80. The van der Waals surface area contributed by atoms with Gasteiger partial charge in [0.25, 0.3) is 0 Å². The average Bonchev–Trinajstić information content (AvgIpc) is 2.54. The molecule has 0 saturated heterocycles. The Kier molecular flexibility index (Phi) is 2.90. The highest BCUT2D eigenvalue weighted by Crippen LogP contribution is 2.11. The topological polar surface area (TPSA) is 42.7 Å². The molecular weight excluding hydrogens is 200 g/mol. The van der Waals surface area contributed by atoms with Gasteiger partial charge in [0.05, 0.1) is 5.69 Å². The number of pyridine rings is 1. The highest BCUT2D eigenvalue weighted by molar-refractivity contribution is 5.43. The molecule has 0 saturated carbocycles. The maximum absolute atomic E-state index is 4.31. The maximum atomic E-state index is 4.31. The fourth-order valence-corrected chi connectivity index (χ4v) is 1.68. The standard InChI is InChI=1S/C12H16N4/c1-9-6-12(4-5-13-9)14-7-11-8-16(3)15-10(11)2/h4-6,8H,7H2,1-3H3,(H,13,14). The lowest BCUT2D eigenvalue weighted by atomic mass is 10.2. The van der Waals surface area contributed by atoms with E-state index in [0.29, 0.717) is 0 Å². The van der Waals surface area contributed by atoms with Gasteiger partial charge in [0.2, 0.25) is 0 Å². The molecule has 0 atom stereocenters. The van der Waals surface area contributed by atoms with Gasteiger partial charge >= 0.3 is 0 Å². The molecule has 2 aromatic rings. The van der Waals surface area contributed by atoms with Crippen molar-refractivity contribution in [3.63, 3.8) is 0 Å². The number of hydrogen-bond donors (Lipinski definition) is 1. The van der Waals surface area contributed by atoms with Crippen LogP contribution < -0.4 is 5.32 Å². The first-order chi connectivity index (χ1) is 7.65. The molecule has 2 rings (SSSR count). The lowest BCUT2D eigenvalue weighted by molar-refractivity contribution is 0.756. The number of aryl methyl sites for hydroxylation is 3. The van der Waals surface area contributed by atoms with Crippen LogP contribution in [0.15, 0.2) is 24.5 Å². The van der Waals surface area contributed by atoms with Crippen molar-refractivity contribution in [1.82, 2.24) is 14.8 Å². The molecule has 0 spiro atoms. The Morgan fingerprint density at radius 1 is 1.38 bits per heavy atom. The summed E-state index contributed by atoms with van der Waals surface area (Å²) in [5.41, 5.74) is 4.40. The normalized spacial score (nSPS) is 10.4. The molecule has 4 heteroatoms. The predicted molar refractivity (Wildman–Crippen MR) is 64.2 cm³/mol. The monoisotopic (exact) mass is 216 g/mol. The summed E-state index contributed by atoms with van der Waals surface area (Å²) in [7, 11) is 1.94. The molecule has 0 aliphatic heterocycles. The summed E-state index contributed by atoms with van der Waals surface area (Å²) in [5.74, 6) is 0. The molecule has 0 amide bonds. The minimum absolute atomic E-state index is 0.795. The lowest BCUT2D eigenvalue weighted by Crippen LogP contribution is -2.00. The number of nitrogens with zero attached hydrogens (tertiary/aromatic N) is 3. The maximum Gasteiger partial charge on any atom is 0.0643 e. The Labute approximate surface area is 95.3 Å². The second-order valence-electron chi connectivity index (χ2n) is 3.95. The average molecular weight is 216 g/mol. The van der Waals surface area contributed by atoms with Crippen LogP contribution in [0.4, 0.5) is 5.69 Å². The number of nitrogens with one attached hydrogen (secondary N) is 1. The van der Waals surface area contributed by atoms with Crippen molar-refractivity contribution in [2.45, 2.75) is 20.4 Å². The molecule has 16 heavy (non-hydrogen) atoms. The van der Waals surface area contributed by atoms with Gasteiger partial charge in [0.15, 0.2) is 0 Å². The van der Waals surface area contributed by atoms with Gasteiger partial charge in [-0.15, -0.1) is 0 Å². The van der Waals surface area contributed by atoms with E-state index in [0.717, 1.165) is 23.6 Å². The fourth-order valence-electron chi connectivity index (χ4n) is 1.68. The molecule has 0 aliphatic rings. The summed E-state index contributed by atoms with van der Waals surface area (Å²) in [5, 5.41) is 7.67. The highest BCUT2D eigenvalue weighted by atomic mass is 15.2. The van der Waals surface area contributed by atoms with Gasteiger partial charge in [-0.2, -0.15) is 5.10 Å². The van der Waals surface area contributed by atoms with Crippen molar-refractivity contribution in [3.05, 3.63) is 41.5 Å². The van der Waals surface area contributed by atoms with Crippen LogP contribution in [0.25, 0.3) is 0 Å². The van der Waals surface area contributed by atoms with E-state index in [9.17, 15) is 0 Å². The Morgan fingerprint density at radius 2 is 2.19 bits per heavy atom. The minimum Gasteiger partial charge on any atom is -0.381 e. The smallest absolute Gasteiger partial charge is 0.0643 e. The van der Waals surface area contributed by atoms with Crippen LogP contribution in [0.1, 0.15) is 17.0 Å². The van der Waals surface area contributed by atoms with Gasteiger partial charge < -0.3 is 5.32 Å². The molecule has 0 aliphatic carbocycles. The van der Waals surface area contributed by atoms with Gasteiger partial charge in [-0.3, -0.25) is 9.67 Å². The Morgan fingerprint density at radius 3 is 2.81 bits per heavy atom. The third-order valence-electron chi connectivity index (χ3n) is 2.49. The molecule has 2 heterocycles. The molecule has 2 aromatic heterocycles. The van der Waals surface area contributed by atoms with Gasteiger partial charge in [0, 0.05) is 42.9 Å². The highest BCUT2D eigenvalue weighted by Gasteiger charge is 2.02. The van der Waals surface area contributed by atoms with E-state index >= 15 is 0 Å². The zero-order valence-electron chi connectivity index (χ0n) is 9.86. The van der Waals surface area contributed by atoms with Crippen molar-refractivity contribution >= 4 is 5.69 Å². The van der Waals surface area contributed by atoms with E-state index in [1.165, 1.54) is 5.56 Å². The van der Waals surface area contributed by atoms with Crippen molar-refractivity contribution < 1.29 is 0 Å². The molecule has 84 valence electrons. The van der Waals surface area contributed by atoms with Crippen LogP contribution in [0.2, 0.25) is 0 Å². The molecule has 0 fully saturated rings. The van der Waals surface area contributed by atoms with Crippen molar-refractivity contribution in [2.75, 3.05) is 5.32 Å². The molecule has 0 aromatic carbocycles. The zero-order valence-corrected chi connectivity index (χ0v) is 9.86. The Bertz CT molecular complexity index is 488. The largest absolute Gasteiger partial charge is 0.381 e. The summed E-state index contributed by atoms with van der Waals surface area (Å²) in [6, 6.07) is 4.00. The number of hydrogen-bond acceptors (Lipinski definition) is 3.